The van der Waals surface area contributed by atoms with E-state index in [4.69, 9.17) is 23.8 Å². The number of rotatable bonds is 18. The molecule has 0 amide bonds. The minimum atomic E-state index is -1.35. The quantitative estimate of drug-likeness (QED) is 0.0496. The summed E-state index contributed by atoms with van der Waals surface area (Å²) in [5.74, 6) is -0.629. The number of carboxylic acid groups (broad SMARTS) is 1. The summed E-state index contributed by atoms with van der Waals surface area (Å²) in [6, 6.07) is 47.3. The number of carboxylic acids is 1. The van der Waals surface area contributed by atoms with E-state index < -0.39 is 23.0 Å². The lowest BCUT2D eigenvalue weighted by atomic mass is 9.77. The Morgan fingerprint density at radius 1 is 0.695 bits per heavy atom. The molecule has 0 spiro atoms. The molecule has 7 rings (SSSR count). The molecule has 6 aromatic carbocycles. The Labute approximate surface area is 345 Å². The summed E-state index contributed by atoms with van der Waals surface area (Å²) in [5.41, 5.74) is 3.61. The second kappa shape index (κ2) is 18.8. The van der Waals surface area contributed by atoms with Crippen molar-refractivity contribution in [2.24, 2.45) is 5.16 Å². The molecule has 7 aromatic rings. The largest absolute Gasteiger partial charge is 0.497 e. The summed E-state index contributed by atoms with van der Waals surface area (Å²) in [4.78, 5) is 22.8. The van der Waals surface area contributed by atoms with E-state index >= 15 is 4.39 Å². The third kappa shape index (κ3) is 9.52. The molecule has 10 nitrogen and oxygen atoms in total. The first-order valence-electron chi connectivity index (χ1n) is 18.5. The first-order valence-corrected chi connectivity index (χ1v) is 19.4. The van der Waals surface area contributed by atoms with Crippen LogP contribution in [0.4, 0.5) is 9.52 Å². The number of aromatic nitrogens is 1. The van der Waals surface area contributed by atoms with Gasteiger partial charge in [0.15, 0.2) is 22.4 Å². The highest BCUT2D eigenvalue weighted by Crippen LogP contribution is 2.41. The van der Waals surface area contributed by atoms with E-state index in [0.717, 1.165) is 27.8 Å². The molecule has 1 heterocycles. The van der Waals surface area contributed by atoms with Gasteiger partial charge in [-0.3, -0.25) is 0 Å². The van der Waals surface area contributed by atoms with E-state index in [1.54, 1.807) is 49.9 Å². The summed E-state index contributed by atoms with van der Waals surface area (Å²) in [6.07, 6.45) is 0. The molecule has 0 fully saturated rings. The molecule has 0 atom stereocenters. The molecule has 298 valence electrons. The molecular weight excluding hydrogens is 770 g/mol. The summed E-state index contributed by atoms with van der Waals surface area (Å²) in [6.45, 7) is -0.108. The van der Waals surface area contributed by atoms with Crippen LogP contribution in [0.5, 0.6) is 23.0 Å². The Bertz CT molecular complexity index is 2390. The number of hydrogen-bond acceptors (Lipinski definition) is 10. The topological polar surface area (TPSA) is 121 Å². The Kier molecular flexibility index (Phi) is 12.8. The first-order chi connectivity index (χ1) is 28.9. The molecule has 12 heteroatoms. The minimum absolute atomic E-state index is 0.0651. The van der Waals surface area contributed by atoms with Gasteiger partial charge in [-0.25, -0.2) is 14.2 Å². The Morgan fingerprint density at radius 2 is 1.20 bits per heavy atom. The van der Waals surface area contributed by atoms with Crippen LogP contribution in [0.1, 0.15) is 39.1 Å². The summed E-state index contributed by atoms with van der Waals surface area (Å²) in [5, 5.41) is 19.9. The van der Waals surface area contributed by atoms with Gasteiger partial charge in [-0.1, -0.05) is 120 Å². The molecule has 0 aliphatic rings. The van der Waals surface area contributed by atoms with Gasteiger partial charge in [-0.15, -0.1) is 11.3 Å². The van der Waals surface area contributed by atoms with Crippen LogP contribution in [0.15, 0.2) is 162 Å². The average Bonchev–Trinajstić information content (AvgIpc) is 3.74. The molecule has 0 radical (unpaired) electrons. The number of halogens is 1. The predicted octanol–water partition coefficient (Wildman–Crippen LogP) is 9.87. The normalized spacial score (nSPS) is 11.4. The second-order valence-corrected chi connectivity index (χ2v) is 14.1. The Balaban J connectivity index is 1.13. The predicted molar refractivity (Wildman–Crippen MR) is 225 cm³/mol. The number of ether oxygens (including phenoxy) is 4. The molecule has 59 heavy (non-hydrogen) atoms. The average molecular weight is 810 g/mol. The fourth-order valence-electron chi connectivity index (χ4n) is 6.46. The van der Waals surface area contributed by atoms with Gasteiger partial charge in [-0.2, -0.15) is 0 Å². The lowest BCUT2D eigenvalue weighted by Gasteiger charge is -2.36. The molecular formula is C47H40FN3O7S. The zero-order valence-electron chi connectivity index (χ0n) is 32.2. The van der Waals surface area contributed by atoms with Crippen LogP contribution >= 0.6 is 11.3 Å². The second-order valence-electron chi connectivity index (χ2n) is 13.2. The van der Waals surface area contributed by atoms with Crippen molar-refractivity contribution in [3.05, 3.63) is 202 Å². The highest BCUT2D eigenvalue weighted by atomic mass is 32.1. The van der Waals surface area contributed by atoms with Gasteiger partial charge in [0.25, 0.3) is 0 Å². The number of nitrogens with zero attached hydrogens (tertiary/aromatic N) is 2. The molecule has 0 aliphatic heterocycles. The molecule has 1 aromatic heterocycles. The zero-order chi connectivity index (χ0) is 41.0. The van der Waals surface area contributed by atoms with Crippen LogP contribution in [0, 0.1) is 5.82 Å². The SMILES string of the molecule is COc1ccc(COc2cc(CO/N=C(\C(=O)O)c3csc(NC(c4ccccc4)(c4ccccc4)c4ccccc4)n3)cc(F)c2OCc2ccc(OC)cc2)cc1. The first kappa shape index (κ1) is 40.0. The van der Waals surface area contributed by atoms with Gasteiger partial charge in [-0.05, 0) is 69.8 Å². The highest BCUT2D eigenvalue weighted by molar-refractivity contribution is 7.14. The number of benzene rings is 6. The number of thiazole rings is 1. The molecule has 0 bridgehead atoms. The minimum Gasteiger partial charge on any atom is -0.497 e. The monoisotopic (exact) mass is 809 g/mol. The fourth-order valence-corrected chi connectivity index (χ4v) is 7.21. The van der Waals surface area contributed by atoms with Gasteiger partial charge in [0.2, 0.25) is 5.71 Å². The van der Waals surface area contributed by atoms with Crippen LogP contribution in [-0.4, -0.2) is 36.0 Å². The van der Waals surface area contributed by atoms with Crippen molar-refractivity contribution >= 4 is 28.1 Å². The molecule has 0 saturated carbocycles. The maximum absolute atomic E-state index is 15.8. The van der Waals surface area contributed by atoms with E-state index in [9.17, 15) is 9.90 Å². The van der Waals surface area contributed by atoms with Crippen molar-refractivity contribution in [2.45, 2.75) is 25.4 Å². The van der Waals surface area contributed by atoms with Gasteiger partial charge >= 0.3 is 5.97 Å². The van der Waals surface area contributed by atoms with E-state index in [-0.39, 0.29) is 37.0 Å². The van der Waals surface area contributed by atoms with Gasteiger partial charge in [0.05, 0.1) is 14.2 Å². The molecule has 2 N–H and O–H groups in total. The summed E-state index contributed by atoms with van der Waals surface area (Å²) < 4.78 is 38.3. The molecule has 0 unspecified atom stereocenters. The van der Waals surface area contributed by atoms with Crippen molar-refractivity contribution in [3.63, 3.8) is 0 Å². The Hall–Kier alpha value is -7.18. The van der Waals surface area contributed by atoms with Crippen LogP contribution in [0.25, 0.3) is 0 Å². The van der Waals surface area contributed by atoms with Gasteiger partial charge in [0.1, 0.15) is 42.6 Å². The van der Waals surface area contributed by atoms with E-state index in [0.29, 0.717) is 22.2 Å². The van der Waals surface area contributed by atoms with E-state index in [1.165, 1.54) is 17.4 Å². The lowest BCUT2D eigenvalue weighted by Crippen LogP contribution is -2.38. The standard InChI is InChI=1S/C47H40FN3O7S/c1-54-38-22-18-32(19-23-38)28-56-42-27-34(26-40(48)44(42)57-29-33-20-24-39(55-2)25-21-33)30-58-51-43(45(52)53)41-31-59-46(49-41)50-47(35-12-6-3-7-13-35,36-14-8-4-9-15-36)37-16-10-5-11-17-37/h3-27,31H,28-30H2,1-2H3,(H,49,50)(H,52,53)/b51-43-. The van der Waals surface area contributed by atoms with Crippen molar-refractivity contribution in [1.29, 1.82) is 0 Å². The highest BCUT2D eigenvalue weighted by Gasteiger charge is 2.37. The molecule has 0 aliphatic carbocycles. The zero-order valence-corrected chi connectivity index (χ0v) is 33.0. The maximum atomic E-state index is 15.8. The van der Waals surface area contributed by atoms with Gasteiger partial charge in [0, 0.05) is 5.38 Å². The smallest absolute Gasteiger partial charge is 0.360 e. The van der Waals surface area contributed by atoms with Crippen LogP contribution < -0.4 is 24.3 Å². The number of nitrogens with one attached hydrogen (secondary N) is 1. The number of anilines is 1. The third-order valence-electron chi connectivity index (χ3n) is 9.42. The number of methoxy groups -OCH3 is 2. The number of hydrogen-bond donors (Lipinski definition) is 2. The number of oxime groups is 1. The van der Waals surface area contributed by atoms with E-state index in [2.05, 4.69) is 15.5 Å². The third-order valence-corrected chi connectivity index (χ3v) is 10.2. The molecule has 0 saturated heterocycles. The fraction of sp³-hybridized carbons (Fsp3) is 0.128. The number of carbonyl (C=O) groups is 1. The lowest BCUT2D eigenvalue weighted by molar-refractivity contribution is -0.129. The number of aliphatic carboxylic acids is 1. The van der Waals surface area contributed by atoms with E-state index in [1.807, 2.05) is 115 Å². The van der Waals surface area contributed by atoms with Crippen molar-refractivity contribution in [2.75, 3.05) is 19.5 Å². The van der Waals surface area contributed by atoms with Crippen LogP contribution in [0.3, 0.4) is 0 Å². The van der Waals surface area contributed by atoms with Crippen LogP contribution in [0.2, 0.25) is 0 Å². The van der Waals surface area contributed by atoms with Crippen molar-refractivity contribution < 1.29 is 38.1 Å². The summed E-state index contributed by atoms with van der Waals surface area (Å²) in [7, 11) is 3.16. The van der Waals surface area contributed by atoms with Gasteiger partial charge < -0.3 is 34.2 Å². The van der Waals surface area contributed by atoms with Crippen molar-refractivity contribution in [1.82, 2.24) is 4.98 Å². The summed E-state index contributed by atoms with van der Waals surface area (Å²) >= 11 is 1.24. The maximum Gasteiger partial charge on any atom is 0.360 e. The van der Waals surface area contributed by atoms with Crippen LogP contribution in [-0.2, 0) is 35.0 Å². The van der Waals surface area contributed by atoms with Crippen molar-refractivity contribution in [3.8, 4) is 23.0 Å². The Morgan fingerprint density at radius 3 is 1.69 bits per heavy atom.